The lowest BCUT2D eigenvalue weighted by Crippen LogP contribution is -2.27. The van der Waals surface area contributed by atoms with Crippen LogP contribution in [0.5, 0.6) is 0 Å². The molecule has 116 valence electrons. The highest BCUT2D eigenvalue weighted by molar-refractivity contribution is 6.33. The molecular weight excluding hydrogens is 301 g/mol. The first-order chi connectivity index (χ1) is 10.5. The van der Waals surface area contributed by atoms with Crippen LogP contribution in [0.4, 0.5) is 4.39 Å². The third-order valence-electron chi connectivity index (χ3n) is 3.56. The molecule has 0 fully saturated rings. The predicted molar refractivity (Wildman–Crippen MR) is 87.7 cm³/mol. The molecule has 0 aromatic heterocycles. The number of carbonyl (C=O) groups excluding carboxylic acids is 1. The molecular formula is C18H19ClFNO. The van der Waals surface area contributed by atoms with Gasteiger partial charge in [0.15, 0.2) is 0 Å². The van der Waals surface area contributed by atoms with Gasteiger partial charge < -0.3 is 5.32 Å². The Morgan fingerprint density at radius 2 is 1.91 bits per heavy atom. The summed E-state index contributed by atoms with van der Waals surface area (Å²) in [6, 6.07) is 12.1. The quantitative estimate of drug-likeness (QED) is 0.832. The Morgan fingerprint density at radius 3 is 2.50 bits per heavy atom. The highest BCUT2D eigenvalue weighted by Crippen LogP contribution is 2.21. The number of amides is 1. The Labute approximate surface area is 135 Å². The molecule has 1 unspecified atom stereocenters. The Bertz CT molecular complexity index is 634. The van der Waals surface area contributed by atoms with Gasteiger partial charge in [-0.3, -0.25) is 4.79 Å². The van der Waals surface area contributed by atoms with Gasteiger partial charge in [0.25, 0.3) is 5.91 Å². The summed E-state index contributed by atoms with van der Waals surface area (Å²) in [6.07, 6.45) is 2.13. The fraction of sp³-hybridized carbons (Fsp3) is 0.278. The van der Waals surface area contributed by atoms with Gasteiger partial charge in [-0.25, -0.2) is 4.39 Å². The number of carbonyl (C=O) groups is 1. The average molecular weight is 320 g/mol. The van der Waals surface area contributed by atoms with E-state index >= 15 is 0 Å². The van der Waals surface area contributed by atoms with E-state index in [9.17, 15) is 9.18 Å². The highest BCUT2D eigenvalue weighted by Gasteiger charge is 2.18. The minimum Gasteiger partial charge on any atom is -0.345 e. The number of hydrogen-bond donors (Lipinski definition) is 1. The molecule has 2 aromatic carbocycles. The van der Waals surface area contributed by atoms with Crippen molar-refractivity contribution in [3.63, 3.8) is 0 Å². The molecule has 2 rings (SSSR count). The van der Waals surface area contributed by atoms with Gasteiger partial charge in [0, 0.05) is 0 Å². The molecule has 0 aliphatic rings. The SMILES string of the molecule is CCCc1ccc(C(C)NC(=O)c2c(F)cccc2Cl)cc1. The second kappa shape index (κ2) is 7.41. The number of aryl methyl sites for hydroxylation is 1. The van der Waals surface area contributed by atoms with E-state index in [1.807, 2.05) is 19.1 Å². The minimum absolute atomic E-state index is 0.112. The number of rotatable bonds is 5. The molecule has 0 heterocycles. The van der Waals surface area contributed by atoms with Crippen LogP contribution >= 0.6 is 11.6 Å². The number of nitrogens with one attached hydrogen (secondary N) is 1. The largest absolute Gasteiger partial charge is 0.345 e. The Morgan fingerprint density at radius 1 is 1.23 bits per heavy atom. The summed E-state index contributed by atoms with van der Waals surface area (Å²) in [7, 11) is 0. The Kier molecular flexibility index (Phi) is 5.56. The van der Waals surface area contributed by atoms with E-state index in [1.165, 1.54) is 23.8 Å². The van der Waals surface area contributed by atoms with E-state index in [4.69, 9.17) is 11.6 Å². The molecule has 4 heteroatoms. The highest BCUT2D eigenvalue weighted by atomic mass is 35.5. The maximum atomic E-state index is 13.7. The van der Waals surface area contributed by atoms with Gasteiger partial charge in [-0.05, 0) is 36.6 Å². The standard InChI is InChI=1S/C18H19ClFNO/c1-3-5-13-8-10-14(11-9-13)12(2)21-18(22)17-15(19)6-4-7-16(17)20/h4,6-12H,3,5H2,1-2H3,(H,21,22). The van der Waals surface area contributed by atoms with Crippen LogP contribution in [0, 0.1) is 5.82 Å². The number of benzene rings is 2. The molecule has 0 saturated carbocycles. The van der Waals surface area contributed by atoms with Crippen LogP contribution < -0.4 is 5.32 Å². The molecule has 0 aliphatic heterocycles. The van der Waals surface area contributed by atoms with E-state index in [2.05, 4.69) is 24.4 Å². The Balaban J connectivity index is 2.11. The predicted octanol–water partition coefficient (Wildman–Crippen LogP) is 4.92. The Hall–Kier alpha value is -1.87. The van der Waals surface area contributed by atoms with Gasteiger partial charge in [0.2, 0.25) is 0 Å². The first kappa shape index (κ1) is 16.5. The van der Waals surface area contributed by atoms with E-state index < -0.39 is 11.7 Å². The summed E-state index contributed by atoms with van der Waals surface area (Å²) >= 11 is 5.91. The molecule has 2 aromatic rings. The van der Waals surface area contributed by atoms with Gasteiger partial charge in [0.05, 0.1) is 16.6 Å². The lowest BCUT2D eigenvalue weighted by Gasteiger charge is -2.15. The molecule has 0 spiro atoms. The van der Waals surface area contributed by atoms with Crippen LogP contribution in [-0.2, 0) is 6.42 Å². The monoisotopic (exact) mass is 319 g/mol. The lowest BCUT2D eigenvalue weighted by atomic mass is 10.0. The summed E-state index contributed by atoms with van der Waals surface area (Å²) in [6.45, 7) is 4.00. The molecule has 1 amide bonds. The van der Waals surface area contributed by atoms with Crippen LogP contribution in [0.15, 0.2) is 42.5 Å². The third kappa shape index (κ3) is 3.86. The zero-order valence-corrected chi connectivity index (χ0v) is 13.5. The van der Waals surface area contributed by atoms with Crippen molar-refractivity contribution in [2.75, 3.05) is 0 Å². The molecule has 0 aliphatic carbocycles. The van der Waals surface area contributed by atoms with Crippen molar-refractivity contribution in [1.29, 1.82) is 0 Å². The maximum Gasteiger partial charge on any atom is 0.256 e. The normalized spacial score (nSPS) is 12.0. The zero-order chi connectivity index (χ0) is 16.1. The number of hydrogen-bond acceptors (Lipinski definition) is 1. The van der Waals surface area contributed by atoms with Gasteiger partial charge in [0.1, 0.15) is 5.82 Å². The molecule has 22 heavy (non-hydrogen) atoms. The van der Waals surface area contributed by atoms with Crippen molar-refractivity contribution in [3.8, 4) is 0 Å². The van der Waals surface area contributed by atoms with E-state index in [1.54, 1.807) is 0 Å². The van der Waals surface area contributed by atoms with Crippen LogP contribution in [0.1, 0.15) is 47.8 Å². The maximum absolute atomic E-state index is 13.7. The fourth-order valence-electron chi connectivity index (χ4n) is 2.33. The number of halogens is 2. The van der Waals surface area contributed by atoms with Crippen LogP contribution in [-0.4, -0.2) is 5.91 Å². The minimum atomic E-state index is -0.615. The van der Waals surface area contributed by atoms with Gasteiger partial charge in [-0.15, -0.1) is 0 Å². The average Bonchev–Trinajstić information content (AvgIpc) is 2.48. The lowest BCUT2D eigenvalue weighted by molar-refractivity contribution is 0.0936. The molecule has 1 atom stereocenters. The van der Waals surface area contributed by atoms with Crippen LogP contribution in [0.3, 0.4) is 0 Å². The van der Waals surface area contributed by atoms with E-state index in [0.29, 0.717) is 0 Å². The van der Waals surface area contributed by atoms with Crippen molar-refractivity contribution in [3.05, 3.63) is 70.0 Å². The summed E-state index contributed by atoms with van der Waals surface area (Å²) in [5.74, 6) is -1.12. The van der Waals surface area contributed by atoms with Crippen LogP contribution in [0.25, 0.3) is 0 Å². The smallest absolute Gasteiger partial charge is 0.256 e. The van der Waals surface area contributed by atoms with Crippen molar-refractivity contribution < 1.29 is 9.18 Å². The van der Waals surface area contributed by atoms with Crippen molar-refractivity contribution in [1.82, 2.24) is 5.32 Å². The van der Waals surface area contributed by atoms with Crippen LogP contribution in [0.2, 0.25) is 5.02 Å². The van der Waals surface area contributed by atoms with Crippen molar-refractivity contribution in [2.24, 2.45) is 0 Å². The second-order valence-electron chi connectivity index (χ2n) is 5.28. The first-order valence-corrected chi connectivity index (χ1v) is 7.74. The molecule has 0 bridgehead atoms. The third-order valence-corrected chi connectivity index (χ3v) is 3.87. The topological polar surface area (TPSA) is 29.1 Å². The molecule has 1 N–H and O–H groups in total. The molecule has 0 radical (unpaired) electrons. The fourth-order valence-corrected chi connectivity index (χ4v) is 2.58. The second-order valence-corrected chi connectivity index (χ2v) is 5.69. The first-order valence-electron chi connectivity index (χ1n) is 7.36. The molecule has 2 nitrogen and oxygen atoms in total. The van der Waals surface area contributed by atoms with Crippen molar-refractivity contribution >= 4 is 17.5 Å². The van der Waals surface area contributed by atoms with Gasteiger partial charge in [-0.1, -0.05) is 55.3 Å². The van der Waals surface area contributed by atoms with E-state index in [0.717, 1.165) is 18.4 Å². The summed E-state index contributed by atoms with van der Waals surface area (Å²) < 4.78 is 13.7. The van der Waals surface area contributed by atoms with Gasteiger partial charge in [-0.2, -0.15) is 0 Å². The summed E-state index contributed by atoms with van der Waals surface area (Å²) in [5, 5.41) is 2.90. The van der Waals surface area contributed by atoms with Crippen molar-refractivity contribution in [2.45, 2.75) is 32.7 Å². The van der Waals surface area contributed by atoms with Gasteiger partial charge >= 0.3 is 0 Å². The molecule has 0 saturated heterocycles. The summed E-state index contributed by atoms with van der Waals surface area (Å²) in [5.41, 5.74) is 2.13. The summed E-state index contributed by atoms with van der Waals surface area (Å²) in [4.78, 5) is 12.2. The van der Waals surface area contributed by atoms with E-state index in [-0.39, 0.29) is 16.6 Å². The zero-order valence-electron chi connectivity index (χ0n) is 12.7.